The number of thiophene rings is 1. The molecule has 4 nitrogen and oxygen atoms in total. The van der Waals surface area contributed by atoms with E-state index in [1.54, 1.807) is 11.3 Å². The zero-order valence-electron chi connectivity index (χ0n) is 17.3. The largest absolute Gasteiger partial charge is 0.492 e. The number of benzene rings is 1. The van der Waals surface area contributed by atoms with Gasteiger partial charge in [-0.3, -0.25) is 0 Å². The van der Waals surface area contributed by atoms with Crippen molar-refractivity contribution < 1.29 is 14.3 Å². The molecule has 0 bridgehead atoms. The molecule has 29 heavy (non-hydrogen) atoms. The van der Waals surface area contributed by atoms with Crippen molar-refractivity contribution in [1.82, 2.24) is 4.90 Å². The molecule has 0 saturated carbocycles. The fourth-order valence-corrected chi connectivity index (χ4v) is 5.30. The number of hydrogen-bond acceptors (Lipinski definition) is 5. The zero-order chi connectivity index (χ0) is 20.1. The van der Waals surface area contributed by atoms with E-state index in [9.17, 15) is 4.79 Å². The fraction of sp³-hybridized carbons (Fsp3) is 0.542. The van der Waals surface area contributed by atoms with Gasteiger partial charge in [0.15, 0.2) is 0 Å². The van der Waals surface area contributed by atoms with Gasteiger partial charge in [-0.2, -0.15) is 0 Å². The van der Waals surface area contributed by atoms with Gasteiger partial charge in [0.05, 0.1) is 6.61 Å². The minimum atomic E-state index is 0.132. The summed E-state index contributed by atoms with van der Waals surface area (Å²) < 4.78 is 12.2. The summed E-state index contributed by atoms with van der Waals surface area (Å²) in [4.78, 5) is 14.3. The number of carbonyl (C=O) groups is 1. The number of nitrogens with zero attached hydrogens (tertiary/aromatic N) is 1. The molecule has 1 fully saturated rings. The third kappa shape index (κ3) is 4.67. The van der Waals surface area contributed by atoms with Crippen molar-refractivity contribution in [1.29, 1.82) is 0 Å². The molecule has 0 amide bonds. The van der Waals surface area contributed by atoms with E-state index in [1.807, 2.05) is 0 Å². The molecule has 156 valence electrons. The topological polar surface area (TPSA) is 38.8 Å². The van der Waals surface area contributed by atoms with Crippen molar-refractivity contribution in [2.75, 3.05) is 26.2 Å². The van der Waals surface area contributed by atoms with Gasteiger partial charge in [-0.25, -0.2) is 0 Å². The lowest BCUT2D eigenvalue weighted by molar-refractivity contribution is -0.108. The highest BCUT2D eigenvalue weighted by atomic mass is 32.1. The molecule has 0 N–H and O–H groups in total. The molecule has 1 spiro atoms. The Morgan fingerprint density at radius 2 is 2.14 bits per heavy atom. The Balaban J connectivity index is 1.35. The SMILES string of the molecule is CCCCc1csc(COc2ccc3c(c2)OCC32CCN(CCC=O)CC2)c1. The highest BCUT2D eigenvalue weighted by Gasteiger charge is 2.43. The maximum Gasteiger partial charge on any atom is 0.126 e. The summed E-state index contributed by atoms with van der Waals surface area (Å²) in [5, 5.41) is 2.26. The zero-order valence-corrected chi connectivity index (χ0v) is 18.1. The minimum absolute atomic E-state index is 0.132. The molecular weight excluding hydrogens is 382 g/mol. The third-order valence-corrected chi connectivity index (χ3v) is 7.27. The summed E-state index contributed by atoms with van der Waals surface area (Å²) in [5.41, 5.74) is 2.89. The van der Waals surface area contributed by atoms with Gasteiger partial charge in [0.2, 0.25) is 0 Å². The molecule has 1 aromatic carbocycles. The van der Waals surface area contributed by atoms with Gasteiger partial charge < -0.3 is 19.2 Å². The molecule has 4 rings (SSSR count). The molecule has 0 radical (unpaired) electrons. The second-order valence-electron chi connectivity index (χ2n) is 8.34. The van der Waals surface area contributed by atoms with Gasteiger partial charge in [-0.15, -0.1) is 11.3 Å². The molecule has 3 heterocycles. The van der Waals surface area contributed by atoms with Crippen LogP contribution in [0.25, 0.3) is 0 Å². The van der Waals surface area contributed by atoms with E-state index in [0.29, 0.717) is 13.0 Å². The first kappa shape index (κ1) is 20.4. The number of ether oxygens (including phenoxy) is 2. The summed E-state index contributed by atoms with van der Waals surface area (Å²) in [5.74, 6) is 1.87. The van der Waals surface area contributed by atoms with Crippen molar-refractivity contribution in [2.45, 2.75) is 57.5 Å². The van der Waals surface area contributed by atoms with Crippen LogP contribution in [-0.2, 0) is 23.2 Å². The Morgan fingerprint density at radius 1 is 1.28 bits per heavy atom. The number of likely N-dealkylation sites (tertiary alicyclic amines) is 1. The van der Waals surface area contributed by atoms with Crippen LogP contribution in [0.2, 0.25) is 0 Å². The maximum absolute atomic E-state index is 10.6. The average Bonchev–Trinajstić information content (AvgIpc) is 3.35. The second-order valence-corrected chi connectivity index (χ2v) is 9.33. The van der Waals surface area contributed by atoms with Gasteiger partial charge in [0.25, 0.3) is 0 Å². The number of hydrogen-bond donors (Lipinski definition) is 0. The molecule has 0 atom stereocenters. The van der Waals surface area contributed by atoms with Crippen molar-refractivity contribution in [3.8, 4) is 11.5 Å². The van der Waals surface area contributed by atoms with Gasteiger partial charge in [-0.05, 0) is 61.8 Å². The van der Waals surface area contributed by atoms with Crippen LogP contribution in [-0.4, -0.2) is 37.4 Å². The van der Waals surface area contributed by atoms with Gasteiger partial charge in [-0.1, -0.05) is 19.4 Å². The number of rotatable bonds is 9. The van der Waals surface area contributed by atoms with Crippen LogP contribution in [0.15, 0.2) is 29.6 Å². The van der Waals surface area contributed by atoms with Crippen LogP contribution in [0, 0.1) is 0 Å². The van der Waals surface area contributed by atoms with Crippen LogP contribution >= 0.6 is 11.3 Å². The Bertz CT molecular complexity index is 823. The molecule has 2 aliphatic rings. The van der Waals surface area contributed by atoms with Gasteiger partial charge >= 0.3 is 0 Å². The van der Waals surface area contributed by atoms with E-state index in [-0.39, 0.29) is 5.41 Å². The monoisotopic (exact) mass is 413 g/mol. The summed E-state index contributed by atoms with van der Waals surface area (Å²) in [6.45, 7) is 6.56. The first-order valence-corrected chi connectivity index (χ1v) is 11.7. The van der Waals surface area contributed by atoms with Crippen LogP contribution in [0.3, 0.4) is 0 Å². The molecule has 0 aliphatic carbocycles. The first-order chi connectivity index (χ1) is 14.2. The highest BCUT2D eigenvalue weighted by Crippen LogP contribution is 2.46. The minimum Gasteiger partial charge on any atom is -0.492 e. The van der Waals surface area contributed by atoms with E-state index >= 15 is 0 Å². The molecule has 2 aromatic rings. The first-order valence-electron chi connectivity index (χ1n) is 10.8. The molecule has 1 aromatic heterocycles. The number of piperidine rings is 1. The van der Waals surface area contributed by atoms with Crippen LogP contribution in [0.1, 0.15) is 55.0 Å². The van der Waals surface area contributed by atoms with Gasteiger partial charge in [0.1, 0.15) is 24.4 Å². The predicted molar refractivity (Wildman–Crippen MR) is 117 cm³/mol. The third-order valence-electron chi connectivity index (χ3n) is 6.31. The quantitative estimate of drug-likeness (QED) is 0.543. The maximum atomic E-state index is 10.6. The van der Waals surface area contributed by atoms with E-state index in [1.165, 1.54) is 28.8 Å². The summed E-state index contributed by atoms with van der Waals surface area (Å²) >= 11 is 1.79. The summed E-state index contributed by atoms with van der Waals surface area (Å²) in [6, 6.07) is 8.64. The van der Waals surface area contributed by atoms with E-state index in [0.717, 1.165) is 63.3 Å². The van der Waals surface area contributed by atoms with Crippen LogP contribution in [0.4, 0.5) is 0 Å². The lowest BCUT2D eigenvalue weighted by Gasteiger charge is -2.38. The van der Waals surface area contributed by atoms with Crippen molar-refractivity contribution in [3.63, 3.8) is 0 Å². The van der Waals surface area contributed by atoms with Crippen molar-refractivity contribution in [3.05, 3.63) is 45.6 Å². The Hall–Kier alpha value is -1.85. The Kier molecular flexibility index (Phi) is 6.56. The normalized spacial score (nSPS) is 17.8. The van der Waals surface area contributed by atoms with E-state index < -0.39 is 0 Å². The highest BCUT2D eigenvalue weighted by molar-refractivity contribution is 7.10. The molecule has 0 unspecified atom stereocenters. The Labute approximate surface area is 177 Å². The number of aryl methyl sites for hydroxylation is 1. The van der Waals surface area contributed by atoms with Crippen molar-refractivity contribution >= 4 is 17.6 Å². The lowest BCUT2D eigenvalue weighted by atomic mass is 9.74. The smallest absolute Gasteiger partial charge is 0.126 e. The van der Waals surface area contributed by atoms with Crippen LogP contribution in [0.5, 0.6) is 11.5 Å². The Morgan fingerprint density at radius 3 is 2.93 bits per heavy atom. The molecular formula is C24H31NO3S. The molecule has 2 aliphatic heterocycles. The number of aldehydes is 1. The number of carbonyl (C=O) groups excluding carboxylic acids is 1. The van der Waals surface area contributed by atoms with Gasteiger partial charge in [0, 0.05) is 34.9 Å². The summed E-state index contributed by atoms with van der Waals surface area (Å²) in [7, 11) is 0. The average molecular weight is 414 g/mol. The predicted octanol–water partition coefficient (Wildman–Crippen LogP) is 4.98. The summed E-state index contributed by atoms with van der Waals surface area (Å²) in [6.07, 6.45) is 7.47. The fourth-order valence-electron chi connectivity index (χ4n) is 4.47. The van der Waals surface area contributed by atoms with Crippen LogP contribution < -0.4 is 9.47 Å². The molecule has 1 saturated heterocycles. The molecule has 5 heteroatoms. The van der Waals surface area contributed by atoms with E-state index in [4.69, 9.17) is 9.47 Å². The number of unbranched alkanes of at least 4 members (excludes halogenated alkanes) is 1. The lowest BCUT2D eigenvalue weighted by Crippen LogP contribution is -2.43. The van der Waals surface area contributed by atoms with Crippen molar-refractivity contribution in [2.24, 2.45) is 0 Å². The second kappa shape index (κ2) is 9.31. The number of fused-ring (bicyclic) bond motifs is 2. The standard InChI is InChI=1S/C24H31NO3S/c1-2-3-5-19-14-21(29-17-19)16-27-20-6-7-22-23(15-20)28-18-24(22)8-11-25(12-9-24)10-4-13-26/h6-7,13-15,17H,2-5,8-12,16,18H2,1H3. The van der Waals surface area contributed by atoms with E-state index in [2.05, 4.69) is 41.5 Å².